The third-order valence-electron chi connectivity index (χ3n) is 3.05. The van der Waals surface area contributed by atoms with Crippen LogP contribution in [0.5, 0.6) is 0 Å². The summed E-state index contributed by atoms with van der Waals surface area (Å²) in [5.41, 5.74) is -0.419. The first-order chi connectivity index (χ1) is 9.40. The molecule has 0 fully saturated rings. The summed E-state index contributed by atoms with van der Waals surface area (Å²) in [5.74, 6) is 0. The summed E-state index contributed by atoms with van der Waals surface area (Å²) in [4.78, 5) is 13.6. The number of hydrogen-bond acceptors (Lipinski definition) is 3. The molecule has 0 rings (SSSR count). The molecule has 0 bridgehead atoms. The zero-order valence-electron chi connectivity index (χ0n) is 14.1. The predicted octanol–water partition coefficient (Wildman–Crippen LogP) is 3.80. The maximum atomic E-state index is 11.9. The van der Waals surface area contributed by atoms with E-state index in [1.165, 1.54) is 32.1 Å². The molecule has 0 aromatic carbocycles. The summed E-state index contributed by atoms with van der Waals surface area (Å²) < 4.78 is 5.37. The number of nitrogens with zero attached hydrogens (tertiary/aromatic N) is 1. The highest BCUT2D eigenvalue weighted by Crippen LogP contribution is 2.09. The van der Waals surface area contributed by atoms with Crippen LogP contribution in [0.3, 0.4) is 0 Å². The van der Waals surface area contributed by atoms with E-state index in [1.807, 2.05) is 27.7 Å². The maximum Gasteiger partial charge on any atom is 0.410 e. The second-order valence-electron chi connectivity index (χ2n) is 6.22. The molecule has 0 aliphatic carbocycles. The van der Waals surface area contributed by atoms with E-state index in [0.717, 1.165) is 13.1 Å². The molecule has 4 heteroatoms. The Morgan fingerprint density at radius 2 is 1.70 bits per heavy atom. The Kier molecular flexibility index (Phi) is 10.5. The molecule has 4 nitrogen and oxygen atoms in total. The average molecular weight is 286 g/mol. The van der Waals surface area contributed by atoms with E-state index in [-0.39, 0.29) is 6.09 Å². The highest BCUT2D eigenvalue weighted by atomic mass is 16.6. The second-order valence-corrected chi connectivity index (χ2v) is 6.22. The zero-order chi connectivity index (χ0) is 15.4. The fraction of sp³-hybridized carbons (Fsp3) is 0.938. The predicted molar refractivity (Wildman–Crippen MR) is 85.1 cm³/mol. The summed E-state index contributed by atoms with van der Waals surface area (Å²) in [5, 5.41) is 3.40. The van der Waals surface area contributed by atoms with Crippen LogP contribution < -0.4 is 5.32 Å². The van der Waals surface area contributed by atoms with Crippen LogP contribution in [0.15, 0.2) is 0 Å². The van der Waals surface area contributed by atoms with Crippen LogP contribution in [0.4, 0.5) is 4.79 Å². The quantitative estimate of drug-likeness (QED) is 0.621. The van der Waals surface area contributed by atoms with Crippen molar-refractivity contribution in [2.45, 2.75) is 72.3 Å². The van der Waals surface area contributed by atoms with E-state index >= 15 is 0 Å². The minimum atomic E-state index is -0.419. The molecule has 1 amide bonds. The molecule has 0 atom stereocenters. The van der Waals surface area contributed by atoms with Crippen molar-refractivity contribution in [3.8, 4) is 0 Å². The van der Waals surface area contributed by atoms with Gasteiger partial charge in [-0.3, -0.25) is 0 Å². The number of rotatable bonds is 10. The molecule has 0 radical (unpaired) electrons. The molecule has 0 unspecified atom stereocenters. The first-order valence-corrected chi connectivity index (χ1v) is 8.09. The van der Waals surface area contributed by atoms with E-state index in [2.05, 4.69) is 12.2 Å². The second kappa shape index (κ2) is 11.0. The van der Waals surface area contributed by atoms with Crippen LogP contribution in [-0.2, 0) is 4.74 Å². The van der Waals surface area contributed by atoms with Gasteiger partial charge in [-0.25, -0.2) is 4.79 Å². The van der Waals surface area contributed by atoms with Gasteiger partial charge < -0.3 is 15.0 Å². The minimum Gasteiger partial charge on any atom is -0.444 e. The molecule has 20 heavy (non-hydrogen) atoms. The SMILES string of the molecule is CCCCCCCNCCN(CC)C(=O)OC(C)(C)C. The smallest absolute Gasteiger partial charge is 0.410 e. The van der Waals surface area contributed by atoms with Crippen LogP contribution in [0, 0.1) is 0 Å². The normalized spacial score (nSPS) is 11.4. The summed E-state index contributed by atoms with van der Waals surface area (Å²) >= 11 is 0. The van der Waals surface area contributed by atoms with E-state index in [1.54, 1.807) is 4.90 Å². The number of ether oxygens (including phenoxy) is 1. The van der Waals surface area contributed by atoms with Gasteiger partial charge in [0, 0.05) is 19.6 Å². The van der Waals surface area contributed by atoms with Gasteiger partial charge in [-0.2, -0.15) is 0 Å². The number of unbranched alkanes of at least 4 members (excludes halogenated alkanes) is 4. The molecule has 120 valence electrons. The van der Waals surface area contributed by atoms with Gasteiger partial charge >= 0.3 is 6.09 Å². The van der Waals surface area contributed by atoms with Gasteiger partial charge in [-0.15, -0.1) is 0 Å². The summed E-state index contributed by atoms with van der Waals surface area (Å²) in [6.45, 7) is 13.2. The number of amides is 1. The molecule has 0 aromatic heterocycles. The lowest BCUT2D eigenvalue weighted by Crippen LogP contribution is -2.40. The fourth-order valence-electron chi connectivity index (χ4n) is 1.90. The average Bonchev–Trinajstić information content (AvgIpc) is 2.35. The molecular formula is C16H34N2O2. The Balaban J connectivity index is 3.67. The van der Waals surface area contributed by atoms with Crippen molar-refractivity contribution in [1.29, 1.82) is 0 Å². The van der Waals surface area contributed by atoms with E-state index in [0.29, 0.717) is 13.1 Å². The van der Waals surface area contributed by atoms with Crippen molar-refractivity contribution < 1.29 is 9.53 Å². The van der Waals surface area contributed by atoms with Crippen molar-refractivity contribution in [1.82, 2.24) is 10.2 Å². The first kappa shape index (κ1) is 19.2. The van der Waals surface area contributed by atoms with E-state index in [4.69, 9.17) is 4.74 Å². The molecule has 0 aliphatic heterocycles. The van der Waals surface area contributed by atoms with Gasteiger partial charge in [0.25, 0.3) is 0 Å². The zero-order valence-corrected chi connectivity index (χ0v) is 14.1. The van der Waals surface area contributed by atoms with Crippen LogP contribution in [0.1, 0.15) is 66.7 Å². The van der Waals surface area contributed by atoms with Crippen molar-refractivity contribution in [2.75, 3.05) is 26.2 Å². The van der Waals surface area contributed by atoms with Gasteiger partial charge in [0.1, 0.15) is 5.60 Å². The first-order valence-electron chi connectivity index (χ1n) is 8.09. The molecule has 0 heterocycles. The third kappa shape index (κ3) is 11.1. The standard InChI is InChI=1S/C16H34N2O2/c1-6-8-9-10-11-12-17-13-14-18(7-2)15(19)20-16(3,4)5/h17H,6-14H2,1-5H3. The molecule has 0 aromatic rings. The largest absolute Gasteiger partial charge is 0.444 e. The Morgan fingerprint density at radius 1 is 1.05 bits per heavy atom. The van der Waals surface area contributed by atoms with Gasteiger partial charge in [0.15, 0.2) is 0 Å². The summed E-state index contributed by atoms with van der Waals surface area (Å²) in [7, 11) is 0. The highest BCUT2D eigenvalue weighted by Gasteiger charge is 2.20. The van der Waals surface area contributed by atoms with Crippen molar-refractivity contribution >= 4 is 6.09 Å². The number of nitrogens with one attached hydrogen (secondary N) is 1. The number of carbonyl (C=O) groups excluding carboxylic acids is 1. The lowest BCUT2D eigenvalue weighted by atomic mass is 10.1. The topological polar surface area (TPSA) is 41.6 Å². The van der Waals surface area contributed by atoms with Gasteiger partial charge in [0.05, 0.1) is 0 Å². The highest BCUT2D eigenvalue weighted by molar-refractivity contribution is 5.68. The maximum absolute atomic E-state index is 11.9. The summed E-state index contributed by atoms with van der Waals surface area (Å²) in [6, 6.07) is 0. The minimum absolute atomic E-state index is 0.218. The van der Waals surface area contributed by atoms with E-state index in [9.17, 15) is 4.79 Å². The number of carbonyl (C=O) groups is 1. The molecule has 0 aliphatic rings. The van der Waals surface area contributed by atoms with Gasteiger partial charge in [0.2, 0.25) is 0 Å². The van der Waals surface area contributed by atoms with Crippen LogP contribution in [0.25, 0.3) is 0 Å². The summed E-state index contributed by atoms with van der Waals surface area (Å²) in [6.07, 6.45) is 6.25. The van der Waals surface area contributed by atoms with Crippen molar-refractivity contribution in [3.63, 3.8) is 0 Å². The lowest BCUT2D eigenvalue weighted by Gasteiger charge is -2.26. The lowest BCUT2D eigenvalue weighted by molar-refractivity contribution is 0.0262. The molecule has 1 N–H and O–H groups in total. The number of likely N-dealkylation sites (N-methyl/N-ethyl adjacent to an activating group) is 1. The Morgan fingerprint density at radius 3 is 2.25 bits per heavy atom. The Bertz CT molecular complexity index is 249. The van der Waals surface area contributed by atoms with Crippen molar-refractivity contribution in [3.05, 3.63) is 0 Å². The molecule has 0 saturated heterocycles. The van der Waals surface area contributed by atoms with Crippen LogP contribution in [-0.4, -0.2) is 42.8 Å². The Labute approximate surface area is 125 Å². The Hall–Kier alpha value is -0.770. The third-order valence-corrected chi connectivity index (χ3v) is 3.05. The van der Waals surface area contributed by atoms with Crippen molar-refractivity contribution in [2.24, 2.45) is 0 Å². The molecule has 0 spiro atoms. The van der Waals surface area contributed by atoms with E-state index < -0.39 is 5.60 Å². The monoisotopic (exact) mass is 286 g/mol. The molecule has 0 saturated carbocycles. The van der Waals surface area contributed by atoms with Gasteiger partial charge in [-0.05, 0) is 40.7 Å². The number of hydrogen-bond donors (Lipinski definition) is 1. The molecular weight excluding hydrogens is 252 g/mol. The van der Waals surface area contributed by atoms with Crippen LogP contribution >= 0.6 is 0 Å². The van der Waals surface area contributed by atoms with Crippen LogP contribution in [0.2, 0.25) is 0 Å². The van der Waals surface area contributed by atoms with Gasteiger partial charge in [-0.1, -0.05) is 32.6 Å². The fourth-order valence-corrected chi connectivity index (χ4v) is 1.90.